The minimum absolute atomic E-state index is 0.0189. The molecule has 1 unspecified atom stereocenters. The zero-order chi connectivity index (χ0) is 19.3. The maximum atomic E-state index is 12.6. The number of likely N-dealkylation sites (N-methyl/N-ethyl adjacent to an activating group) is 1. The summed E-state index contributed by atoms with van der Waals surface area (Å²) in [4.78, 5) is 26.5. The molecular weight excluding hydrogens is 354 g/mol. The van der Waals surface area contributed by atoms with Gasteiger partial charge in [0.1, 0.15) is 0 Å². The van der Waals surface area contributed by atoms with Gasteiger partial charge in [-0.05, 0) is 44.2 Å². The fourth-order valence-electron chi connectivity index (χ4n) is 2.43. The van der Waals surface area contributed by atoms with Crippen LogP contribution in [0.25, 0.3) is 0 Å². The van der Waals surface area contributed by atoms with Gasteiger partial charge in [0.15, 0.2) is 15.9 Å². The number of carbonyl (C=O) groups is 2. The number of hydrogen-bond donors (Lipinski definition) is 0. The first kappa shape index (κ1) is 19.7. The number of para-hydroxylation sites is 1. The summed E-state index contributed by atoms with van der Waals surface area (Å²) >= 11 is 0. The van der Waals surface area contributed by atoms with Gasteiger partial charge in [0.25, 0.3) is 5.91 Å². The average Bonchev–Trinajstić information content (AvgIpc) is 2.62. The van der Waals surface area contributed by atoms with Gasteiger partial charge in [-0.3, -0.25) is 4.79 Å². The van der Waals surface area contributed by atoms with E-state index in [1.165, 1.54) is 36.1 Å². The lowest BCUT2D eigenvalue weighted by Crippen LogP contribution is -2.40. The van der Waals surface area contributed by atoms with Crippen LogP contribution in [0.2, 0.25) is 0 Å². The molecule has 6 nitrogen and oxygen atoms in total. The Kier molecular flexibility index (Phi) is 6.15. The molecule has 1 atom stereocenters. The fourth-order valence-corrected chi connectivity index (χ4v) is 3.09. The molecule has 0 aliphatic carbocycles. The first-order valence-electron chi connectivity index (χ1n) is 8.11. The standard InChI is InChI=1S/C19H21NO5S/c1-4-20(16-10-6-5-7-11-16)18(21)14(2)25-19(22)15-9-8-12-17(13-15)26(3,23)24/h5-14H,4H2,1-3H3. The minimum atomic E-state index is -3.44. The number of esters is 1. The van der Waals surface area contributed by atoms with Gasteiger partial charge in [-0.25, -0.2) is 13.2 Å². The van der Waals surface area contributed by atoms with E-state index in [4.69, 9.17) is 4.74 Å². The van der Waals surface area contributed by atoms with Crippen molar-refractivity contribution in [3.05, 3.63) is 60.2 Å². The van der Waals surface area contributed by atoms with Gasteiger partial charge in [-0.2, -0.15) is 0 Å². The molecule has 0 aliphatic rings. The van der Waals surface area contributed by atoms with E-state index in [0.29, 0.717) is 12.2 Å². The van der Waals surface area contributed by atoms with Crippen LogP contribution in [0.3, 0.4) is 0 Å². The van der Waals surface area contributed by atoms with Crippen molar-refractivity contribution < 1.29 is 22.7 Å². The lowest BCUT2D eigenvalue weighted by molar-refractivity contribution is -0.126. The fraction of sp³-hybridized carbons (Fsp3) is 0.263. The second-order valence-electron chi connectivity index (χ2n) is 5.77. The van der Waals surface area contributed by atoms with E-state index in [0.717, 1.165) is 6.26 Å². The van der Waals surface area contributed by atoms with E-state index in [1.54, 1.807) is 12.1 Å². The first-order chi connectivity index (χ1) is 12.2. The monoisotopic (exact) mass is 375 g/mol. The van der Waals surface area contributed by atoms with Crippen LogP contribution in [0.5, 0.6) is 0 Å². The van der Waals surface area contributed by atoms with Crippen LogP contribution < -0.4 is 4.90 Å². The van der Waals surface area contributed by atoms with Crippen LogP contribution in [0, 0.1) is 0 Å². The Morgan fingerprint density at radius 2 is 1.73 bits per heavy atom. The molecule has 138 valence electrons. The summed E-state index contributed by atoms with van der Waals surface area (Å²) in [5.74, 6) is -1.10. The Hall–Kier alpha value is -2.67. The highest BCUT2D eigenvalue weighted by molar-refractivity contribution is 7.90. The third-order valence-electron chi connectivity index (χ3n) is 3.78. The van der Waals surface area contributed by atoms with Crippen molar-refractivity contribution in [1.29, 1.82) is 0 Å². The predicted octanol–water partition coefficient (Wildman–Crippen LogP) is 2.69. The molecule has 0 saturated heterocycles. The Morgan fingerprint density at radius 3 is 2.31 bits per heavy atom. The van der Waals surface area contributed by atoms with Crippen molar-refractivity contribution in [3.63, 3.8) is 0 Å². The molecule has 7 heteroatoms. The van der Waals surface area contributed by atoms with Gasteiger partial charge in [-0.1, -0.05) is 24.3 Å². The number of benzene rings is 2. The second kappa shape index (κ2) is 8.14. The smallest absolute Gasteiger partial charge is 0.338 e. The maximum Gasteiger partial charge on any atom is 0.338 e. The molecule has 0 spiro atoms. The Morgan fingerprint density at radius 1 is 1.08 bits per heavy atom. The molecule has 1 amide bonds. The first-order valence-corrected chi connectivity index (χ1v) is 10.0. The van der Waals surface area contributed by atoms with Gasteiger partial charge in [-0.15, -0.1) is 0 Å². The SMILES string of the molecule is CCN(C(=O)C(C)OC(=O)c1cccc(S(C)(=O)=O)c1)c1ccccc1. The van der Waals surface area contributed by atoms with E-state index in [9.17, 15) is 18.0 Å². The average molecular weight is 375 g/mol. The molecule has 0 saturated carbocycles. The highest BCUT2D eigenvalue weighted by Crippen LogP contribution is 2.17. The normalized spacial score (nSPS) is 12.3. The van der Waals surface area contributed by atoms with Crippen molar-refractivity contribution in [2.45, 2.75) is 24.8 Å². The Bertz CT molecular complexity index is 893. The van der Waals surface area contributed by atoms with Crippen molar-refractivity contribution in [2.24, 2.45) is 0 Å². The number of rotatable bonds is 6. The quantitative estimate of drug-likeness (QED) is 0.725. The molecule has 0 fully saturated rings. The van der Waals surface area contributed by atoms with Gasteiger partial charge in [0.05, 0.1) is 10.5 Å². The Balaban J connectivity index is 2.15. The third-order valence-corrected chi connectivity index (χ3v) is 4.89. The van der Waals surface area contributed by atoms with Crippen LogP contribution in [0.15, 0.2) is 59.5 Å². The number of ether oxygens (including phenoxy) is 1. The van der Waals surface area contributed by atoms with Crippen LogP contribution in [-0.4, -0.2) is 39.2 Å². The summed E-state index contributed by atoms with van der Waals surface area (Å²) < 4.78 is 28.5. The molecule has 0 radical (unpaired) electrons. The number of carbonyl (C=O) groups excluding carboxylic acids is 2. The number of sulfone groups is 1. The summed E-state index contributed by atoms with van der Waals surface area (Å²) in [7, 11) is -3.44. The molecule has 0 heterocycles. The van der Waals surface area contributed by atoms with Crippen molar-refractivity contribution >= 4 is 27.4 Å². The van der Waals surface area contributed by atoms with Crippen molar-refractivity contribution in [3.8, 4) is 0 Å². The highest BCUT2D eigenvalue weighted by Gasteiger charge is 2.25. The van der Waals surface area contributed by atoms with Crippen molar-refractivity contribution in [2.75, 3.05) is 17.7 Å². The highest BCUT2D eigenvalue weighted by atomic mass is 32.2. The third kappa shape index (κ3) is 4.70. The molecule has 0 aliphatic heterocycles. The lowest BCUT2D eigenvalue weighted by atomic mass is 10.2. The molecule has 26 heavy (non-hydrogen) atoms. The van der Waals surface area contributed by atoms with Crippen LogP contribution in [0.4, 0.5) is 5.69 Å². The summed E-state index contributed by atoms with van der Waals surface area (Å²) in [5, 5.41) is 0. The maximum absolute atomic E-state index is 12.6. The molecule has 0 aromatic heterocycles. The van der Waals surface area contributed by atoms with Gasteiger partial charge < -0.3 is 9.64 Å². The number of nitrogens with zero attached hydrogens (tertiary/aromatic N) is 1. The van der Waals surface area contributed by atoms with Gasteiger partial charge in [0.2, 0.25) is 0 Å². The summed E-state index contributed by atoms with van der Waals surface area (Å²) in [6.45, 7) is 3.75. The van der Waals surface area contributed by atoms with Crippen molar-refractivity contribution in [1.82, 2.24) is 0 Å². The van der Waals surface area contributed by atoms with Crippen LogP contribution in [-0.2, 0) is 19.4 Å². The van der Waals surface area contributed by atoms with Crippen LogP contribution in [0.1, 0.15) is 24.2 Å². The summed E-state index contributed by atoms with van der Waals surface area (Å²) in [6.07, 6.45) is 0.0484. The number of hydrogen-bond acceptors (Lipinski definition) is 5. The number of anilines is 1. The predicted molar refractivity (Wildman–Crippen MR) is 98.9 cm³/mol. The zero-order valence-electron chi connectivity index (χ0n) is 14.9. The minimum Gasteiger partial charge on any atom is -0.449 e. The summed E-state index contributed by atoms with van der Waals surface area (Å²) in [6, 6.07) is 14.6. The lowest BCUT2D eigenvalue weighted by Gasteiger charge is -2.24. The second-order valence-corrected chi connectivity index (χ2v) is 7.78. The largest absolute Gasteiger partial charge is 0.449 e. The molecule has 2 rings (SSSR count). The van der Waals surface area contributed by atoms with E-state index in [2.05, 4.69) is 0 Å². The molecule has 0 N–H and O–H groups in total. The molecule has 0 bridgehead atoms. The molecule has 2 aromatic carbocycles. The Labute approximate surface area is 153 Å². The van der Waals surface area contributed by atoms with Gasteiger partial charge >= 0.3 is 5.97 Å². The van der Waals surface area contributed by atoms with Crippen LogP contribution >= 0.6 is 0 Å². The number of amides is 1. The van der Waals surface area contributed by atoms with E-state index >= 15 is 0 Å². The van der Waals surface area contributed by atoms with E-state index < -0.39 is 21.9 Å². The molecular formula is C19H21NO5S. The topological polar surface area (TPSA) is 80.8 Å². The summed E-state index contributed by atoms with van der Waals surface area (Å²) in [5.41, 5.74) is 0.789. The van der Waals surface area contributed by atoms with E-state index in [1.807, 2.05) is 25.1 Å². The van der Waals surface area contributed by atoms with E-state index in [-0.39, 0.29) is 16.4 Å². The van der Waals surface area contributed by atoms with Gasteiger partial charge in [0, 0.05) is 18.5 Å². The molecule has 2 aromatic rings. The zero-order valence-corrected chi connectivity index (χ0v) is 15.7.